The second-order valence-electron chi connectivity index (χ2n) is 8.99. The van der Waals surface area contributed by atoms with Gasteiger partial charge in [0.05, 0.1) is 25.0 Å². The van der Waals surface area contributed by atoms with Gasteiger partial charge in [0, 0.05) is 0 Å². The number of carboxylic acids is 1. The Hall–Kier alpha value is -2.19. The van der Waals surface area contributed by atoms with Gasteiger partial charge in [0.25, 0.3) is 0 Å². The van der Waals surface area contributed by atoms with Crippen LogP contribution in [0.5, 0.6) is 0 Å². The number of rotatable bonds is 8. The first kappa shape index (κ1) is 23.1. The molecule has 1 aromatic carbocycles. The predicted molar refractivity (Wildman–Crippen MR) is 111 cm³/mol. The second-order valence-corrected chi connectivity index (χ2v) is 13.7. The summed E-state index contributed by atoms with van der Waals surface area (Å²) in [4.78, 5) is 37.6. The summed E-state index contributed by atoms with van der Waals surface area (Å²) in [7, 11) is -2.29. The number of hydrogen-bond donors (Lipinski definition) is 1. The summed E-state index contributed by atoms with van der Waals surface area (Å²) in [5, 5.41) is 9.15. The molecule has 0 aromatic heterocycles. The van der Waals surface area contributed by atoms with E-state index in [0.29, 0.717) is 6.42 Å². The van der Waals surface area contributed by atoms with Crippen molar-refractivity contribution in [3.8, 4) is 0 Å². The maximum atomic E-state index is 13.0. The number of aliphatic carboxylic acids is 1. The first-order valence-electron chi connectivity index (χ1n) is 9.83. The fourth-order valence-corrected chi connectivity index (χ4v) is 4.39. The topological polar surface area (TPSA) is 93.1 Å². The van der Waals surface area contributed by atoms with E-state index in [2.05, 4.69) is 0 Å². The average Bonchev–Trinajstić information content (AvgIpc) is 2.94. The highest BCUT2D eigenvalue weighted by atomic mass is 28.4. The molecule has 1 N–H and O–H groups in total. The van der Waals surface area contributed by atoms with Crippen molar-refractivity contribution in [1.29, 1.82) is 0 Å². The lowest BCUT2D eigenvalue weighted by atomic mass is 10.1. The van der Waals surface area contributed by atoms with Crippen molar-refractivity contribution in [1.82, 2.24) is 4.90 Å². The second kappa shape index (κ2) is 9.09. The number of cyclic esters (lactones) is 1. The van der Waals surface area contributed by atoms with E-state index in [-0.39, 0.29) is 24.5 Å². The van der Waals surface area contributed by atoms with Crippen LogP contribution in [0.25, 0.3) is 0 Å². The molecule has 0 saturated carbocycles. The summed E-state index contributed by atoms with van der Waals surface area (Å²) in [5.41, 5.74) is 0.994. The minimum atomic E-state index is -2.29. The van der Waals surface area contributed by atoms with Crippen LogP contribution in [0.3, 0.4) is 0 Å². The molecule has 1 saturated heterocycles. The van der Waals surface area contributed by atoms with Crippen molar-refractivity contribution in [3.05, 3.63) is 35.9 Å². The molecule has 0 unspecified atom stereocenters. The van der Waals surface area contributed by atoms with Crippen LogP contribution in [0.15, 0.2) is 30.3 Å². The van der Waals surface area contributed by atoms with E-state index in [1.165, 1.54) is 0 Å². The van der Waals surface area contributed by atoms with Gasteiger partial charge in [-0.1, -0.05) is 51.1 Å². The van der Waals surface area contributed by atoms with Gasteiger partial charge < -0.3 is 14.3 Å². The molecule has 0 radical (unpaired) electrons. The normalized spacial score (nSPS) is 18.4. The van der Waals surface area contributed by atoms with Crippen LogP contribution in [0.2, 0.25) is 18.1 Å². The highest BCUT2D eigenvalue weighted by Crippen LogP contribution is 2.38. The Bertz CT molecular complexity index is 743. The molecule has 1 aliphatic rings. The molecule has 1 aliphatic heterocycles. The molecular formula is C21H31NO6Si. The predicted octanol–water partition coefficient (Wildman–Crippen LogP) is 3.83. The third-order valence-corrected chi connectivity index (χ3v) is 10.2. The summed E-state index contributed by atoms with van der Waals surface area (Å²) < 4.78 is 11.3. The highest BCUT2D eigenvalue weighted by Gasteiger charge is 2.42. The number of benzene rings is 1. The Morgan fingerprint density at radius 3 is 2.41 bits per heavy atom. The average molecular weight is 422 g/mol. The van der Waals surface area contributed by atoms with Gasteiger partial charge in [-0.25, -0.2) is 9.69 Å². The molecule has 1 aromatic rings. The van der Waals surface area contributed by atoms with Gasteiger partial charge in [0.1, 0.15) is 6.61 Å². The van der Waals surface area contributed by atoms with Crippen LogP contribution >= 0.6 is 0 Å². The van der Waals surface area contributed by atoms with E-state index in [9.17, 15) is 19.5 Å². The van der Waals surface area contributed by atoms with Crippen LogP contribution in [-0.4, -0.2) is 55.0 Å². The zero-order valence-electron chi connectivity index (χ0n) is 17.8. The number of amides is 2. The third kappa shape index (κ3) is 6.14. The summed E-state index contributed by atoms with van der Waals surface area (Å²) in [6.07, 6.45) is -1.43. The van der Waals surface area contributed by atoms with E-state index in [1.807, 2.05) is 64.2 Å². The Labute approximate surface area is 173 Å². The molecule has 160 valence electrons. The van der Waals surface area contributed by atoms with E-state index in [4.69, 9.17) is 9.16 Å². The Balaban J connectivity index is 2.13. The number of imide groups is 1. The first-order chi connectivity index (χ1) is 13.4. The third-order valence-electron chi connectivity index (χ3n) is 5.62. The monoisotopic (exact) mass is 421 g/mol. The molecule has 1 heterocycles. The number of carboxylic acid groups (broad SMARTS) is 1. The minimum Gasteiger partial charge on any atom is -0.481 e. The molecule has 2 rings (SSSR count). The van der Waals surface area contributed by atoms with Crippen LogP contribution in [0.1, 0.15) is 39.2 Å². The van der Waals surface area contributed by atoms with Crippen molar-refractivity contribution >= 4 is 26.3 Å². The minimum absolute atomic E-state index is 0.130. The van der Waals surface area contributed by atoms with Gasteiger partial charge in [-0.15, -0.1) is 0 Å². The summed E-state index contributed by atoms with van der Waals surface area (Å²) in [6.45, 7) is 10.3. The van der Waals surface area contributed by atoms with Crippen molar-refractivity contribution in [2.45, 2.75) is 70.3 Å². The number of hydrogen-bond acceptors (Lipinski definition) is 5. The van der Waals surface area contributed by atoms with Crippen LogP contribution in [0.4, 0.5) is 4.79 Å². The van der Waals surface area contributed by atoms with Gasteiger partial charge in [0.15, 0.2) is 8.32 Å². The number of carbonyl (C=O) groups excluding carboxylic acids is 2. The number of carbonyl (C=O) groups is 3. The Morgan fingerprint density at radius 1 is 1.24 bits per heavy atom. The molecular weight excluding hydrogens is 390 g/mol. The lowest BCUT2D eigenvalue weighted by molar-refractivity contribution is -0.139. The van der Waals surface area contributed by atoms with Crippen molar-refractivity contribution in [3.63, 3.8) is 0 Å². The van der Waals surface area contributed by atoms with Crippen molar-refractivity contribution in [2.24, 2.45) is 0 Å². The lowest BCUT2D eigenvalue weighted by Crippen LogP contribution is -2.47. The van der Waals surface area contributed by atoms with Gasteiger partial charge in [-0.05, 0) is 30.1 Å². The molecule has 2 atom stereocenters. The summed E-state index contributed by atoms with van der Waals surface area (Å²) in [5.74, 6) is -1.50. The van der Waals surface area contributed by atoms with Crippen LogP contribution in [0, 0.1) is 0 Å². The maximum absolute atomic E-state index is 13.0. The fraction of sp³-hybridized carbons (Fsp3) is 0.571. The highest BCUT2D eigenvalue weighted by molar-refractivity contribution is 6.74. The van der Waals surface area contributed by atoms with Crippen LogP contribution in [-0.2, 0) is 25.2 Å². The van der Waals surface area contributed by atoms with E-state index in [1.54, 1.807) is 0 Å². The molecule has 0 aliphatic carbocycles. The van der Waals surface area contributed by atoms with Gasteiger partial charge in [-0.2, -0.15) is 0 Å². The smallest absolute Gasteiger partial charge is 0.416 e. The summed E-state index contributed by atoms with van der Waals surface area (Å²) >= 11 is 0. The molecule has 2 amide bonds. The number of ether oxygens (including phenoxy) is 1. The SMILES string of the molecule is CC(C)(C)[Si](C)(C)O[C@H](CC(=O)O)CC(=O)N1C(=O)OC[C@@H]1Cc1ccccc1. The molecule has 0 spiro atoms. The summed E-state index contributed by atoms with van der Waals surface area (Å²) in [6, 6.07) is 9.15. The molecule has 8 heteroatoms. The standard InChI is InChI=1S/C21H31NO6Si/c1-21(2,3)29(4,5)28-17(13-19(24)25)12-18(23)22-16(14-27-20(22)26)11-15-9-7-6-8-10-15/h6-10,16-17H,11-14H2,1-5H3,(H,24,25)/t16-,17-/m0/s1. The van der Waals surface area contributed by atoms with Crippen molar-refractivity contribution in [2.75, 3.05) is 6.61 Å². The molecule has 0 bridgehead atoms. The Morgan fingerprint density at radius 2 is 1.86 bits per heavy atom. The van der Waals surface area contributed by atoms with Crippen molar-refractivity contribution < 1.29 is 28.7 Å². The zero-order chi connectivity index (χ0) is 21.8. The van der Waals surface area contributed by atoms with Gasteiger partial charge in [0.2, 0.25) is 5.91 Å². The Kier molecular flexibility index (Phi) is 7.23. The van der Waals surface area contributed by atoms with Crippen LogP contribution < -0.4 is 0 Å². The lowest BCUT2D eigenvalue weighted by Gasteiger charge is -2.39. The van der Waals surface area contributed by atoms with E-state index < -0.39 is 38.4 Å². The maximum Gasteiger partial charge on any atom is 0.416 e. The van der Waals surface area contributed by atoms with Gasteiger partial charge in [-0.3, -0.25) is 9.59 Å². The molecule has 7 nitrogen and oxygen atoms in total. The van der Waals surface area contributed by atoms with E-state index >= 15 is 0 Å². The largest absolute Gasteiger partial charge is 0.481 e. The zero-order valence-corrected chi connectivity index (χ0v) is 18.8. The first-order valence-corrected chi connectivity index (χ1v) is 12.7. The molecule has 1 fully saturated rings. The quantitative estimate of drug-likeness (QED) is 0.641. The molecule has 29 heavy (non-hydrogen) atoms. The van der Waals surface area contributed by atoms with Gasteiger partial charge >= 0.3 is 12.1 Å². The number of nitrogens with zero attached hydrogens (tertiary/aromatic N) is 1. The fourth-order valence-electron chi connectivity index (χ4n) is 3.04. The van der Waals surface area contributed by atoms with E-state index in [0.717, 1.165) is 10.5 Å².